The number of nitrogen functional groups attached to an aromatic ring is 1. The van der Waals surface area contributed by atoms with Crippen molar-refractivity contribution in [3.8, 4) is 46.5 Å². The number of halogens is 1. The van der Waals surface area contributed by atoms with E-state index < -0.39 is 5.82 Å². The smallest absolute Gasteiger partial charge is 0.322 e. The summed E-state index contributed by atoms with van der Waals surface area (Å²) in [6.07, 6.45) is 10.3. The molecular formula is C27H22FN7O. The first-order valence-electron chi connectivity index (χ1n) is 11.1. The third-order valence-corrected chi connectivity index (χ3v) is 6.23. The lowest BCUT2D eigenvalue weighted by atomic mass is 9.95. The molecule has 0 amide bonds. The Hall–Kier alpha value is -4.84. The van der Waals surface area contributed by atoms with Crippen LogP contribution in [0.1, 0.15) is 22.5 Å². The van der Waals surface area contributed by atoms with Gasteiger partial charge in [-0.2, -0.15) is 0 Å². The summed E-state index contributed by atoms with van der Waals surface area (Å²) in [6, 6.07) is 6.48. The van der Waals surface area contributed by atoms with Crippen LogP contribution in [0, 0.1) is 38.9 Å². The van der Waals surface area contributed by atoms with Gasteiger partial charge in [0.25, 0.3) is 0 Å². The van der Waals surface area contributed by atoms with E-state index in [4.69, 9.17) is 16.9 Å². The van der Waals surface area contributed by atoms with Crippen molar-refractivity contribution in [3.05, 3.63) is 71.3 Å². The van der Waals surface area contributed by atoms with Crippen LogP contribution in [0.4, 0.5) is 10.2 Å². The molecule has 36 heavy (non-hydrogen) atoms. The topological polar surface area (TPSA) is 105 Å². The second-order valence-electron chi connectivity index (χ2n) is 8.38. The minimum atomic E-state index is -0.579. The standard InChI is InChI=1S/C27H22FN7O/c1-6-20-16(4)15(3)18(12-31-20)24-22(23-25(29)32-13-33-26(23)35(24)5)17-7-8-21(19(28)11-17)36-27-30-10-9-14(2)34-27/h1,7-13H,2-5H3,(H2,29,32,33). The summed E-state index contributed by atoms with van der Waals surface area (Å²) in [5.41, 5.74) is 12.9. The number of nitrogens with zero attached hydrogens (tertiary/aromatic N) is 6. The fourth-order valence-electron chi connectivity index (χ4n) is 4.27. The van der Waals surface area contributed by atoms with E-state index in [1.165, 1.54) is 18.5 Å². The predicted octanol–water partition coefficient (Wildman–Crippen LogP) is 4.91. The molecule has 0 aliphatic carbocycles. The summed E-state index contributed by atoms with van der Waals surface area (Å²) in [4.78, 5) is 21.3. The maximum absolute atomic E-state index is 15.3. The number of hydrogen-bond donors (Lipinski definition) is 1. The molecular weight excluding hydrogens is 457 g/mol. The van der Waals surface area contributed by atoms with Crippen LogP contribution in [-0.4, -0.2) is 29.5 Å². The number of aryl methyl sites for hydroxylation is 2. The maximum Gasteiger partial charge on any atom is 0.322 e. The summed E-state index contributed by atoms with van der Waals surface area (Å²) in [5.74, 6) is 2.32. The van der Waals surface area contributed by atoms with Gasteiger partial charge in [0.15, 0.2) is 11.6 Å². The van der Waals surface area contributed by atoms with Crippen molar-refractivity contribution in [2.45, 2.75) is 20.8 Å². The maximum atomic E-state index is 15.3. The fraction of sp³-hybridized carbons (Fsp3) is 0.148. The molecule has 0 fully saturated rings. The number of hydrogen-bond acceptors (Lipinski definition) is 7. The molecule has 0 saturated heterocycles. The molecule has 1 aromatic carbocycles. The molecule has 0 bridgehead atoms. The lowest BCUT2D eigenvalue weighted by Crippen LogP contribution is -2.00. The van der Waals surface area contributed by atoms with Crippen molar-refractivity contribution in [2.75, 3.05) is 5.73 Å². The molecule has 0 spiro atoms. The van der Waals surface area contributed by atoms with E-state index in [9.17, 15) is 0 Å². The lowest BCUT2D eigenvalue weighted by Gasteiger charge is -2.14. The van der Waals surface area contributed by atoms with E-state index in [0.29, 0.717) is 33.5 Å². The van der Waals surface area contributed by atoms with Crippen LogP contribution in [0.25, 0.3) is 33.4 Å². The Morgan fingerprint density at radius 2 is 1.86 bits per heavy atom. The third-order valence-electron chi connectivity index (χ3n) is 6.23. The van der Waals surface area contributed by atoms with Crippen LogP contribution >= 0.6 is 0 Å². The van der Waals surface area contributed by atoms with Crippen LogP contribution in [0.2, 0.25) is 0 Å². The monoisotopic (exact) mass is 479 g/mol. The van der Waals surface area contributed by atoms with Gasteiger partial charge in [-0.15, -0.1) is 6.42 Å². The second kappa shape index (κ2) is 8.74. The molecule has 0 radical (unpaired) electrons. The zero-order chi connectivity index (χ0) is 25.6. The van der Waals surface area contributed by atoms with Crippen LogP contribution in [0.15, 0.2) is 43.0 Å². The van der Waals surface area contributed by atoms with E-state index >= 15 is 4.39 Å². The largest absolute Gasteiger partial charge is 0.421 e. The van der Waals surface area contributed by atoms with Crippen LogP contribution < -0.4 is 10.5 Å². The summed E-state index contributed by atoms with van der Waals surface area (Å²) in [7, 11) is 1.88. The number of nitrogens with two attached hydrogens (primary N) is 1. The first-order chi connectivity index (χ1) is 17.3. The van der Waals surface area contributed by atoms with E-state index in [0.717, 1.165) is 22.4 Å². The van der Waals surface area contributed by atoms with Gasteiger partial charge < -0.3 is 15.0 Å². The number of ether oxygens (including phenoxy) is 1. The van der Waals surface area contributed by atoms with Gasteiger partial charge in [0.2, 0.25) is 0 Å². The first-order valence-corrected chi connectivity index (χ1v) is 11.1. The number of aromatic nitrogens is 6. The molecule has 8 nitrogen and oxygen atoms in total. The molecule has 9 heteroatoms. The van der Waals surface area contributed by atoms with Crippen molar-refractivity contribution in [2.24, 2.45) is 7.05 Å². The van der Waals surface area contributed by atoms with E-state index in [-0.39, 0.29) is 17.6 Å². The van der Waals surface area contributed by atoms with Gasteiger partial charge in [0.05, 0.1) is 11.1 Å². The zero-order valence-corrected chi connectivity index (χ0v) is 20.2. The van der Waals surface area contributed by atoms with E-state index in [1.807, 2.05) is 25.5 Å². The van der Waals surface area contributed by atoms with Crippen molar-refractivity contribution >= 4 is 16.9 Å². The molecule has 0 unspecified atom stereocenters. The number of rotatable bonds is 4. The molecule has 178 valence electrons. The average Bonchev–Trinajstić information content (AvgIpc) is 3.15. The Bertz CT molecular complexity index is 1700. The van der Waals surface area contributed by atoms with Gasteiger partial charge in [-0.3, -0.25) is 0 Å². The molecule has 5 aromatic rings. The number of benzene rings is 1. The lowest BCUT2D eigenvalue weighted by molar-refractivity contribution is 0.410. The van der Waals surface area contributed by atoms with Gasteiger partial charge >= 0.3 is 6.01 Å². The SMILES string of the molecule is C#Cc1ncc(-c2c(-c3ccc(Oc4nccc(C)n4)c(F)c3)c3c(N)ncnc3n2C)c(C)c1C. The van der Waals surface area contributed by atoms with E-state index in [1.54, 1.807) is 31.5 Å². The summed E-state index contributed by atoms with van der Waals surface area (Å²) in [6.45, 7) is 5.71. The van der Waals surface area contributed by atoms with Crippen LogP contribution in [0.5, 0.6) is 11.8 Å². The minimum absolute atomic E-state index is 0.00224. The summed E-state index contributed by atoms with van der Waals surface area (Å²) in [5, 5.41) is 0.614. The highest BCUT2D eigenvalue weighted by Gasteiger charge is 2.24. The Kier molecular flexibility index (Phi) is 5.57. The Balaban J connectivity index is 1.73. The van der Waals surface area contributed by atoms with Gasteiger partial charge in [-0.1, -0.05) is 6.07 Å². The fourth-order valence-corrected chi connectivity index (χ4v) is 4.27. The number of anilines is 1. The third kappa shape index (κ3) is 3.69. The Morgan fingerprint density at radius 1 is 1.06 bits per heavy atom. The first kappa shape index (κ1) is 22.9. The highest BCUT2D eigenvalue weighted by Crippen LogP contribution is 2.43. The molecule has 0 atom stereocenters. The normalized spacial score (nSPS) is 11.0. The van der Waals surface area contributed by atoms with Gasteiger partial charge in [-0.25, -0.2) is 29.3 Å². The Morgan fingerprint density at radius 3 is 2.58 bits per heavy atom. The minimum Gasteiger partial charge on any atom is -0.421 e. The molecule has 2 N–H and O–H groups in total. The average molecular weight is 480 g/mol. The molecule has 4 heterocycles. The van der Waals surface area contributed by atoms with E-state index in [2.05, 4.69) is 30.8 Å². The second-order valence-corrected chi connectivity index (χ2v) is 8.38. The molecule has 0 saturated carbocycles. The predicted molar refractivity (Wildman–Crippen MR) is 136 cm³/mol. The molecule has 0 aliphatic rings. The van der Waals surface area contributed by atoms with Gasteiger partial charge in [-0.05, 0) is 61.6 Å². The number of fused-ring (bicyclic) bond motifs is 1. The molecule has 0 aliphatic heterocycles. The molecule has 5 rings (SSSR count). The quantitative estimate of drug-likeness (QED) is 0.365. The van der Waals surface area contributed by atoms with Crippen molar-refractivity contribution in [1.82, 2.24) is 29.5 Å². The number of terminal acetylenes is 1. The van der Waals surface area contributed by atoms with Gasteiger partial charge in [0.1, 0.15) is 23.5 Å². The van der Waals surface area contributed by atoms with Gasteiger partial charge in [0, 0.05) is 36.3 Å². The van der Waals surface area contributed by atoms with Crippen molar-refractivity contribution < 1.29 is 9.13 Å². The van der Waals surface area contributed by atoms with Crippen LogP contribution in [0.3, 0.4) is 0 Å². The van der Waals surface area contributed by atoms with Crippen molar-refractivity contribution in [3.63, 3.8) is 0 Å². The molecule has 4 aromatic heterocycles. The summed E-state index contributed by atoms with van der Waals surface area (Å²) < 4.78 is 22.8. The highest BCUT2D eigenvalue weighted by molar-refractivity contribution is 6.08. The summed E-state index contributed by atoms with van der Waals surface area (Å²) >= 11 is 0. The number of pyridine rings is 1. The van der Waals surface area contributed by atoms with Crippen molar-refractivity contribution in [1.29, 1.82) is 0 Å². The Labute approximate surface area is 207 Å². The van der Waals surface area contributed by atoms with Crippen LogP contribution in [-0.2, 0) is 7.05 Å². The highest BCUT2D eigenvalue weighted by atomic mass is 19.1. The zero-order valence-electron chi connectivity index (χ0n) is 20.2.